The fraction of sp³-hybridized carbons (Fsp3) is 0.200. The summed E-state index contributed by atoms with van der Waals surface area (Å²) in [7, 11) is 1.62. The summed E-state index contributed by atoms with van der Waals surface area (Å²) in [6.07, 6.45) is 0. The summed E-state index contributed by atoms with van der Waals surface area (Å²) in [5.41, 5.74) is 1.79. The fourth-order valence-corrected chi connectivity index (χ4v) is 2.02. The van der Waals surface area contributed by atoms with Gasteiger partial charge in [-0.15, -0.1) is 0 Å². The van der Waals surface area contributed by atoms with E-state index in [0.717, 1.165) is 17.0 Å². The van der Waals surface area contributed by atoms with E-state index >= 15 is 0 Å². The fourth-order valence-electron chi connectivity index (χ4n) is 1.85. The Morgan fingerprint density at radius 2 is 2.00 bits per heavy atom. The molecule has 0 bridgehead atoms. The van der Waals surface area contributed by atoms with Crippen molar-refractivity contribution in [1.29, 1.82) is 0 Å². The molecule has 0 saturated heterocycles. The van der Waals surface area contributed by atoms with Gasteiger partial charge in [-0.2, -0.15) is 0 Å². The summed E-state index contributed by atoms with van der Waals surface area (Å²) < 4.78 is 5.18. The zero-order valence-electron chi connectivity index (χ0n) is 10.9. The largest absolute Gasteiger partial charge is 0.508 e. The number of methoxy groups -OCH3 is 1. The van der Waals surface area contributed by atoms with Gasteiger partial charge in [0.2, 0.25) is 0 Å². The van der Waals surface area contributed by atoms with Crippen molar-refractivity contribution in [2.75, 3.05) is 12.4 Å². The number of aromatic hydroxyl groups is 1. The molecular weight excluding hydrogens is 262 g/mol. The first kappa shape index (κ1) is 13.6. The van der Waals surface area contributed by atoms with Crippen LogP contribution in [-0.2, 0) is 0 Å². The van der Waals surface area contributed by atoms with Crippen molar-refractivity contribution in [3.8, 4) is 11.5 Å². The van der Waals surface area contributed by atoms with E-state index in [1.807, 2.05) is 31.2 Å². The minimum atomic E-state index is 0.0247. The average Bonchev–Trinajstić information content (AvgIpc) is 2.41. The molecule has 0 aromatic heterocycles. The number of phenolic OH excluding ortho intramolecular Hbond substituents is 1. The maximum absolute atomic E-state index is 9.49. The number of halogens is 1. The first-order valence-corrected chi connectivity index (χ1v) is 6.37. The van der Waals surface area contributed by atoms with E-state index in [1.165, 1.54) is 0 Å². The molecule has 3 nitrogen and oxygen atoms in total. The normalized spacial score (nSPS) is 11.9. The molecule has 0 fully saturated rings. The number of anilines is 1. The number of hydrogen-bond acceptors (Lipinski definition) is 3. The van der Waals surface area contributed by atoms with Gasteiger partial charge in [-0.05, 0) is 36.8 Å². The Kier molecular flexibility index (Phi) is 4.17. The molecule has 2 N–H and O–H groups in total. The summed E-state index contributed by atoms with van der Waals surface area (Å²) in [4.78, 5) is 0. The molecule has 1 atom stereocenters. The number of hydrogen-bond donors (Lipinski definition) is 2. The van der Waals surface area contributed by atoms with Crippen molar-refractivity contribution >= 4 is 17.3 Å². The molecule has 0 aliphatic rings. The highest BCUT2D eigenvalue weighted by molar-refractivity contribution is 6.33. The van der Waals surface area contributed by atoms with Crippen LogP contribution in [0.15, 0.2) is 42.5 Å². The van der Waals surface area contributed by atoms with E-state index in [4.69, 9.17) is 16.3 Å². The molecular formula is C15H16ClNO2. The van der Waals surface area contributed by atoms with Crippen LogP contribution < -0.4 is 10.1 Å². The van der Waals surface area contributed by atoms with Gasteiger partial charge >= 0.3 is 0 Å². The molecule has 2 aromatic carbocycles. The van der Waals surface area contributed by atoms with Crippen LogP contribution in [0, 0.1) is 0 Å². The monoisotopic (exact) mass is 277 g/mol. The van der Waals surface area contributed by atoms with Gasteiger partial charge in [0, 0.05) is 12.1 Å². The van der Waals surface area contributed by atoms with Gasteiger partial charge in [-0.1, -0.05) is 23.7 Å². The highest BCUT2D eigenvalue weighted by Gasteiger charge is 2.09. The quantitative estimate of drug-likeness (QED) is 0.879. The Balaban J connectivity index is 2.21. The second-order valence-corrected chi connectivity index (χ2v) is 4.71. The molecule has 0 aliphatic heterocycles. The Hall–Kier alpha value is -1.87. The lowest BCUT2D eigenvalue weighted by molar-refractivity contribution is 0.415. The topological polar surface area (TPSA) is 41.5 Å². The van der Waals surface area contributed by atoms with Crippen molar-refractivity contribution < 1.29 is 9.84 Å². The van der Waals surface area contributed by atoms with E-state index in [2.05, 4.69) is 5.32 Å². The van der Waals surface area contributed by atoms with E-state index in [-0.39, 0.29) is 11.8 Å². The van der Waals surface area contributed by atoms with E-state index in [1.54, 1.807) is 25.3 Å². The number of rotatable bonds is 4. The molecule has 100 valence electrons. The molecule has 0 spiro atoms. The summed E-state index contributed by atoms with van der Waals surface area (Å²) in [5.74, 6) is 0.998. The lowest BCUT2D eigenvalue weighted by Gasteiger charge is -2.17. The third-order valence-corrected chi connectivity index (χ3v) is 3.25. The van der Waals surface area contributed by atoms with Crippen molar-refractivity contribution in [3.05, 3.63) is 53.1 Å². The highest BCUT2D eigenvalue weighted by atomic mass is 35.5. The molecule has 1 unspecified atom stereocenters. The minimum Gasteiger partial charge on any atom is -0.508 e. The smallest absolute Gasteiger partial charge is 0.121 e. The Bertz CT molecular complexity index is 572. The third-order valence-electron chi connectivity index (χ3n) is 2.92. The summed E-state index contributed by atoms with van der Waals surface area (Å²) >= 11 is 6.15. The lowest BCUT2D eigenvalue weighted by atomic mass is 10.1. The van der Waals surface area contributed by atoms with E-state index in [0.29, 0.717) is 5.02 Å². The van der Waals surface area contributed by atoms with Gasteiger partial charge in [0.1, 0.15) is 11.5 Å². The van der Waals surface area contributed by atoms with Crippen molar-refractivity contribution in [2.45, 2.75) is 13.0 Å². The summed E-state index contributed by atoms with van der Waals surface area (Å²) in [6, 6.07) is 12.6. The molecule has 0 saturated carbocycles. The van der Waals surface area contributed by atoms with Gasteiger partial charge in [-0.25, -0.2) is 0 Å². The van der Waals surface area contributed by atoms with Crippen LogP contribution in [0.1, 0.15) is 18.5 Å². The van der Waals surface area contributed by atoms with Gasteiger partial charge in [0.15, 0.2) is 0 Å². The zero-order valence-corrected chi connectivity index (χ0v) is 11.6. The van der Waals surface area contributed by atoms with Gasteiger partial charge < -0.3 is 15.2 Å². The summed E-state index contributed by atoms with van der Waals surface area (Å²) in [5, 5.41) is 13.4. The summed E-state index contributed by atoms with van der Waals surface area (Å²) in [6.45, 7) is 2.00. The second-order valence-electron chi connectivity index (χ2n) is 4.31. The first-order chi connectivity index (χ1) is 9.10. The van der Waals surface area contributed by atoms with Crippen LogP contribution in [0.4, 0.5) is 5.69 Å². The standard InChI is InChI=1S/C15H16ClNO2/c1-10(11-4-3-5-12(18)8-11)17-15-9-13(19-2)6-7-14(15)16/h3-10,17-18H,1-2H3. The predicted molar refractivity (Wildman–Crippen MR) is 78.1 cm³/mol. The molecule has 0 heterocycles. The first-order valence-electron chi connectivity index (χ1n) is 5.99. The lowest BCUT2D eigenvalue weighted by Crippen LogP contribution is -2.07. The van der Waals surface area contributed by atoms with E-state index < -0.39 is 0 Å². The van der Waals surface area contributed by atoms with Crippen LogP contribution in [0.2, 0.25) is 5.02 Å². The predicted octanol–water partition coefficient (Wildman–Crippen LogP) is 4.23. The SMILES string of the molecule is COc1ccc(Cl)c(NC(C)c2cccc(O)c2)c1. The Morgan fingerprint density at radius 3 is 2.68 bits per heavy atom. The van der Waals surface area contributed by atoms with Crippen LogP contribution >= 0.6 is 11.6 Å². The minimum absolute atomic E-state index is 0.0247. The zero-order chi connectivity index (χ0) is 13.8. The molecule has 0 radical (unpaired) electrons. The highest BCUT2D eigenvalue weighted by Crippen LogP contribution is 2.30. The molecule has 2 aromatic rings. The maximum atomic E-state index is 9.49. The Morgan fingerprint density at radius 1 is 1.21 bits per heavy atom. The van der Waals surface area contributed by atoms with Gasteiger partial charge in [0.25, 0.3) is 0 Å². The maximum Gasteiger partial charge on any atom is 0.121 e. The van der Waals surface area contributed by atoms with Crippen LogP contribution in [-0.4, -0.2) is 12.2 Å². The van der Waals surface area contributed by atoms with Crippen LogP contribution in [0.5, 0.6) is 11.5 Å². The van der Waals surface area contributed by atoms with Crippen molar-refractivity contribution in [3.63, 3.8) is 0 Å². The van der Waals surface area contributed by atoms with E-state index in [9.17, 15) is 5.11 Å². The number of benzene rings is 2. The van der Waals surface area contributed by atoms with Gasteiger partial charge in [-0.3, -0.25) is 0 Å². The second kappa shape index (κ2) is 5.85. The Labute approximate surface area is 117 Å². The van der Waals surface area contributed by atoms with Crippen LogP contribution in [0.25, 0.3) is 0 Å². The molecule has 4 heteroatoms. The number of nitrogens with one attached hydrogen (secondary N) is 1. The number of ether oxygens (including phenoxy) is 1. The van der Waals surface area contributed by atoms with Crippen LogP contribution in [0.3, 0.4) is 0 Å². The molecule has 19 heavy (non-hydrogen) atoms. The third kappa shape index (κ3) is 3.32. The van der Waals surface area contributed by atoms with Gasteiger partial charge in [0.05, 0.1) is 17.8 Å². The van der Waals surface area contributed by atoms with Crippen molar-refractivity contribution in [2.24, 2.45) is 0 Å². The van der Waals surface area contributed by atoms with Crippen molar-refractivity contribution in [1.82, 2.24) is 0 Å². The molecule has 0 amide bonds. The number of phenols is 1. The molecule has 2 rings (SSSR count). The molecule has 0 aliphatic carbocycles. The average molecular weight is 278 g/mol.